The Labute approximate surface area is 153 Å². The molecule has 0 N–H and O–H groups in total. The van der Waals surface area contributed by atoms with Gasteiger partial charge in [-0.2, -0.15) is 5.26 Å². The van der Waals surface area contributed by atoms with Gasteiger partial charge in [0.05, 0.1) is 25.0 Å². The summed E-state index contributed by atoms with van der Waals surface area (Å²) in [5.41, 5.74) is 1.74. The monoisotopic (exact) mass is 354 g/mol. The molecule has 1 unspecified atom stereocenters. The Kier molecular flexibility index (Phi) is 4.27. The molecule has 0 spiro atoms. The summed E-state index contributed by atoms with van der Waals surface area (Å²) in [7, 11) is 1.56. The zero-order valence-electron chi connectivity index (χ0n) is 15.7. The number of hydrogen-bond donors (Lipinski definition) is 0. The van der Waals surface area contributed by atoms with Gasteiger partial charge < -0.3 is 14.4 Å². The van der Waals surface area contributed by atoms with Gasteiger partial charge in [-0.3, -0.25) is 4.79 Å². The standard InChI is InChI=1S/C20H22N2O4/c1-6-26-19(24)15(10-21)16-14-8-12(25-5)7-13-11(2)9-20(3,4)22(17(13)14)18(16)23/h7-8,11H,6,9H2,1-5H3. The van der Waals surface area contributed by atoms with Crippen LogP contribution >= 0.6 is 0 Å². The van der Waals surface area contributed by atoms with Crippen LogP contribution in [0.2, 0.25) is 0 Å². The largest absolute Gasteiger partial charge is 0.497 e. The van der Waals surface area contributed by atoms with E-state index in [0.717, 1.165) is 17.7 Å². The van der Waals surface area contributed by atoms with Crippen molar-refractivity contribution in [3.05, 3.63) is 28.8 Å². The third kappa shape index (κ3) is 2.47. The van der Waals surface area contributed by atoms with Crippen molar-refractivity contribution in [2.24, 2.45) is 0 Å². The lowest BCUT2D eigenvalue weighted by atomic mass is 9.80. The van der Waals surface area contributed by atoms with Gasteiger partial charge in [-0.15, -0.1) is 0 Å². The first kappa shape index (κ1) is 18.0. The first-order valence-corrected chi connectivity index (χ1v) is 8.65. The van der Waals surface area contributed by atoms with Gasteiger partial charge in [-0.25, -0.2) is 4.79 Å². The number of ether oxygens (including phenoxy) is 2. The molecular formula is C20H22N2O4. The van der Waals surface area contributed by atoms with Gasteiger partial charge in [0.25, 0.3) is 5.91 Å². The summed E-state index contributed by atoms with van der Waals surface area (Å²) < 4.78 is 10.4. The fraction of sp³-hybridized carbons (Fsp3) is 0.450. The molecule has 0 saturated carbocycles. The Morgan fingerprint density at radius 2 is 2.12 bits per heavy atom. The molecule has 1 aromatic carbocycles. The fourth-order valence-corrected chi connectivity index (χ4v) is 4.07. The summed E-state index contributed by atoms with van der Waals surface area (Å²) >= 11 is 0. The van der Waals surface area contributed by atoms with Crippen molar-refractivity contribution in [3.63, 3.8) is 0 Å². The molecule has 6 heteroatoms. The predicted octanol–water partition coefficient (Wildman–Crippen LogP) is 3.17. The van der Waals surface area contributed by atoms with E-state index in [1.54, 1.807) is 25.0 Å². The van der Waals surface area contributed by atoms with Crippen molar-refractivity contribution in [1.29, 1.82) is 5.26 Å². The Hall–Kier alpha value is -2.81. The summed E-state index contributed by atoms with van der Waals surface area (Å²) in [4.78, 5) is 27.3. The molecule has 1 atom stereocenters. The van der Waals surface area contributed by atoms with Crippen LogP contribution in [0.1, 0.15) is 51.2 Å². The van der Waals surface area contributed by atoms with Crippen LogP contribution in [-0.2, 0) is 14.3 Å². The van der Waals surface area contributed by atoms with Crippen molar-refractivity contribution in [3.8, 4) is 11.8 Å². The number of methoxy groups -OCH3 is 1. The molecule has 3 rings (SSSR count). The average Bonchev–Trinajstić information content (AvgIpc) is 2.87. The summed E-state index contributed by atoms with van der Waals surface area (Å²) in [6.45, 7) is 7.90. The number of nitrogens with zero attached hydrogens (tertiary/aromatic N) is 2. The first-order chi connectivity index (χ1) is 12.3. The number of anilines is 1. The highest BCUT2D eigenvalue weighted by Crippen LogP contribution is 2.53. The maximum Gasteiger partial charge on any atom is 0.349 e. The predicted molar refractivity (Wildman–Crippen MR) is 96.8 cm³/mol. The van der Waals surface area contributed by atoms with Crippen LogP contribution in [0.25, 0.3) is 5.57 Å². The quantitative estimate of drug-likeness (QED) is 0.473. The van der Waals surface area contributed by atoms with E-state index < -0.39 is 11.5 Å². The number of esters is 1. The molecule has 2 aliphatic rings. The minimum absolute atomic E-state index is 0.100. The molecule has 0 aliphatic carbocycles. The zero-order valence-corrected chi connectivity index (χ0v) is 15.7. The fourth-order valence-electron chi connectivity index (χ4n) is 4.07. The van der Waals surface area contributed by atoms with Crippen molar-refractivity contribution in [1.82, 2.24) is 0 Å². The molecule has 0 fully saturated rings. The highest BCUT2D eigenvalue weighted by molar-refractivity contribution is 6.37. The molecule has 26 heavy (non-hydrogen) atoms. The van der Waals surface area contributed by atoms with Crippen LogP contribution < -0.4 is 9.64 Å². The molecule has 1 amide bonds. The van der Waals surface area contributed by atoms with Gasteiger partial charge in [0.1, 0.15) is 11.8 Å². The topological polar surface area (TPSA) is 79.6 Å². The smallest absolute Gasteiger partial charge is 0.349 e. The van der Waals surface area contributed by atoms with Crippen LogP contribution in [0.15, 0.2) is 17.7 Å². The normalized spacial score (nSPS) is 21.8. The van der Waals surface area contributed by atoms with E-state index in [-0.39, 0.29) is 29.6 Å². The van der Waals surface area contributed by atoms with Crippen molar-refractivity contribution in [2.45, 2.75) is 45.6 Å². The lowest BCUT2D eigenvalue weighted by molar-refractivity contribution is -0.138. The van der Waals surface area contributed by atoms with Gasteiger partial charge in [0.2, 0.25) is 0 Å². The summed E-state index contributed by atoms with van der Waals surface area (Å²) in [5.74, 6) is -0.305. The highest BCUT2D eigenvalue weighted by atomic mass is 16.5. The number of benzene rings is 1. The van der Waals surface area contributed by atoms with E-state index >= 15 is 0 Å². The SMILES string of the molecule is CCOC(=O)C(C#N)=C1C(=O)N2c3c1cc(OC)cc3C(C)CC2(C)C. The lowest BCUT2D eigenvalue weighted by Crippen LogP contribution is -2.49. The molecular weight excluding hydrogens is 332 g/mol. The minimum atomic E-state index is -0.777. The number of hydrogen-bond acceptors (Lipinski definition) is 5. The Bertz CT molecular complexity index is 877. The first-order valence-electron chi connectivity index (χ1n) is 8.65. The molecule has 2 aliphatic heterocycles. The summed E-state index contributed by atoms with van der Waals surface area (Å²) in [5, 5.41) is 9.57. The van der Waals surface area contributed by atoms with E-state index in [9.17, 15) is 14.9 Å². The van der Waals surface area contributed by atoms with Crippen LogP contribution in [-0.4, -0.2) is 31.1 Å². The second-order valence-electron chi connectivity index (χ2n) is 7.25. The molecule has 0 saturated heterocycles. The van der Waals surface area contributed by atoms with Gasteiger partial charge in [-0.05, 0) is 50.8 Å². The van der Waals surface area contributed by atoms with Crippen molar-refractivity contribution in [2.75, 3.05) is 18.6 Å². The molecule has 0 radical (unpaired) electrons. The number of carbonyl (C=O) groups excluding carboxylic acids is 2. The van der Waals surface area contributed by atoms with Gasteiger partial charge >= 0.3 is 5.97 Å². The molecule has 0 bridgehead atoms. The van der Waals surface area contributed by atoms with Crippen LogP contribution in [0.5, 0.6) is 5.75 Å². The summed E-state index contributed by atoms with van der Waals surface area (Å²) in [6, 6.07) is 5.53. The average molecular weight is 354 g/mol. The molecule has 2 heterocycles. The van der Waals surface area contributed by atoms with Crippen LogP contribution in [0, 0.1) is 11.3 Å². The van der Waals surface area contributed by atoms with Crippen LogP contribution in [0.3, 0.4) is 0 Å². The zero-order chi connectivity index (χ0) is 19.2. The van der Waals surface area contributed by atoms with Gasteiger partial charge in [0.15, 0.2) is 5.57 Å². The van der Waals surface area contributed by atoms with E-state index in [1.807, 2.05) is 26.0 Å². The van der Waals surface area contributed by atoms with E-state index in [0.29, 0.717) is 11.3 Å². The van der Waals surface area contributed by atoms with Crippen LogP contribution in [0.4, 0.5) is 5.69 Å². The maximum absolute atomic E-state index is 13.3. The molecule has 6 nitrogen and oxygen atoms in total. The van der Waals surface area contributed by atoms with Crippen molar-refractivity contribution < 1.29 is 19.1 Å². The van der Waals surface area contributed by atoms with E-state index in [1.165, 1.54) is 0 Å². The highest BCUT2D eigenvalue weighted by Gasteiger charge is 2.49. The number of carbonyl (C=O) groups is 2. The third-order valence-corrected chi connectivity index (χ3v) is 5.04. The molecule has 0 aromatic heterocycles. The maximum atomic E-state index is 13.3. The van der Waals surface area contributed by atoms with E-state index in [2.05, 4.69) is 6.92 Å². The van der Waals surface area contributed by atoms with Gasteiger partial charge in [-0.1, -0.05) is 6.92 Å². The molecule has 1 aromatic rings. The number of amides is 1. The third-order valence-electron chi connectivity index (χ3n) is 5.04. The lowest BCUT2D eigenvalue weighted by Gasteiger charge is -2.43. The second kappa shape index (κ2) is 6.17. The number of rotatable bonds is 3. The second-order valence-corrected chi connectivity index (χ2v) is 7.25. The van der Waals surface area contributed by atoms with Crippen molar-refractivity contribution >= 4 is 23.1 Å². The Balaban J connectivity index is 2.36. The Morgan fingerprint density at radius 1 is 1.42 bits per heavy atom. The number of nitriles is 1. The van der Waals surface area contributed by atoms with E-state index in [4.69, 9.17) is 9.47 Å². The molecule has 136 valence electrons. The summed E-state index contributed by atoms with van der Waals surface area (Å²) in [6.07, 6.45) is 0.771. The van der Waals surface area contributed by atoms with Gasteiger partial charge in [0, 0.05) is 11.1 Å². The minimum Gasteiger partial charge on any atom is -0.497 e. The Morgan fingerprint density at radius 3 is 2.69 bits per heavy atom.